The van der Waals surface area contributed by atoms with Gasteiger partial charge in [0.25, 0.3) is 0 Å². The van der Waals surface area contributed by atoms with Crippen molar-refractivity contribution in [3.63, 3.8) is 0 Å². The smallest absolute Gasteiger partial charge is 0.0931 e. The first-order chi connectivity index (χ1) is 8.56. The van der Waals surface area contributed by atoms with Crippen LogP contribution >= 0.6 is 34.5 Å². The first-order valence-electron chi connectivity index (χ1n) is 5.60. The average Bonchev–Trinajstić information content (AvgIpc) is 2.71. The molecule has 2 rings (SSSR count). The van der Waals surface area contributed by atoms with Gasteiger partial charge in [0.2, 0.25) is 0 Å². The number of nitrogen functional groups attached to an aromatic ring is 1. The number of anilines is 2. The Morgan fingerprint density at radius 1 is 1.28 bits per heavy atom. The lowest BCUT2D eigenvalue weighted by Gasteiger charge is -2.10. The van der Waals surface area contributed by atoms with Crippen molar-refractivity contribution >= 4 is 45.9 Å². The minimum Gasteiger partial charge on any atom is -0.398 e. The molecule has 1 aromatic carbocycles. The molecule has 0 saturated carbocycles. The second-order valence-electron chi connectivity index (χ2n) is 4.07. The van der Waals surface area contributed by atoms with E-state index in [0.29, 0.717) is 10.7 Å². The van der Waals surface area contributed by atoms with Crippen LogP contribution in [0, 0.1) is 6.92 Å². The van der Waals surface area contributed by atoms with Crippen molar-refractivity contribution in [1.82, 2.24) is 0 Å². The molecule has 0 unspecified atom stereocenters. The molecule has 2 nitrogen and oxygen atoms in total. The summed E-state index contributed by atoms with van der Waals surface area (Å²) in [7, 11) is 0. The normalized spacial score (nSPS) is 10.6. The van der Waals surface area contributed by atoms with E-state index in [9.17, 15) is 0 Å². The number of hydrogen-bond acceptors (Lipinski definition) is 3. The Kier molecular flexibility index (Phi) is 4.38. The molecule has 0 fully saturated rings. The van der Waals surface area contributed by atoms with E-state index in [2.05, 4.69) is 11.4 Å². The Morgan fingerprint density at radius 3 is 2.72 bits per heavy atom. The van der Waals surface area contributed by atoms with Crippen LogP contribution in [-0.2, 0) is 6.42 Å². The van der Waals surface area contributed by atoms with E-state index in [4.69, 9.17) is 28.9 Å². The molecule has 0 aliphatic rings. The van der Waals surface area contributed by atoms with E-state index in [0.717, 1.165) is 28.6 Å². The highest BCUT2D eigenvalue weighted by Crippen LogP contribution is 2.27. The van der Waals surface area contributed by atoms with Crippen molar-refractivity contribution in [3.05, 3.63) is 44.1 Å². The first-order valence-corrected chi connectivity index (χ1v) is 7.17. The second-order valence-corrected chi connectivity index (χ2v) is 6.28. The number of aryl methyl sites for hydroxylation is 1. The van der Waals surface area contributed by atoms with Crippen LogP contribution in [-0.4, -0.2) is 6.54 Å². The Labute approximate surface area is 121 Å². The molecule has 96 valence electrons. The van der Waals surface area contributed by atoms with Crippen molar-refractivity contribution in [2.45, 2.75) is 13.3 Å². The standard InChI is InChI=1S/C13H14Cl2N2S/c1-8-6-11(16)10(14)7-12(8)17-5-4-9-2-3-13(15)18-9/h2-3,6-7,17H,4-5,16H2,1H3. The Balaban J connectivity index is 1.96. The predicted octanol–water partition coefficient (Wildman–Crippen LogP) is 4.60. The zero-order valence-corrected chi connectivity index (χ0v) is 12.3. The molecule has 0 bridgehead atoms. The lowest BCUT2D eigenvalue weighted by molar-refractivity contribution is 1.04. The molecule has 3 N–H and O–H groups in total. The lowest BCUT2D eigenvalue weighted by atomic mass is 10.1. The SMILES string of the molecule is Cc1cc(N)c(Cl)cc1NCCc1ccc(Cl)s1. The van der Waals surface area contributed by atoms with Crippen molar-refractivity contribution < 1.29 is 0 Å². The molecule has 0 aliphatic heterocycles. The third-order valence-electron chi connectivity index (χ3n) is 2.66. The van der Waals surface area contributed by atoms with Gasteiger partial charge in [0.15, 0.2) is 0 Å². The molecule has 1 aromatic heterocycles. The topological polar surface area (TPSA) is 38.0 Å². The van der Waals surface area contributed by atoms with Crippen LogP contribution in [0.3, 0.4) is 0 Å². The quantitative estimate of drug-likeness (QED) is 0.810. The summed E-state index contributed by atoms with van der Waals surface area (Å²) in [5.74, 6) is 0. The van der Waals surface area contributed by atoms with Crippen LogP contribution in [0.1, 0.15) is 10.4 Å². The van der Waals surface area contributed by atoms with Crippen molar-refractivity contribution in [2.75, 3.05) is 17.6 Å². The number of rotatable bonds is 4. The number of hydrogen-bond donors (Lipinski definition) is 2. The van der Waals surface area contributed by atoms with Gasteiger partial charge in [-0.05, 0) is 43.2 Å². The largest absolute Gasteiger partial charge is 0.398 e. The number of benzene rings is 1. The molecule has 5 heteroatoms. The minimum absolute atomic E-state index is 0.585. The summed E-state index contributed by atoms with van der Waals surface area (Å²) < 4.78 is 0.830. The van der Waals surface area contributed by atoms with Crippen LogP contribution in [0.25, 0.3) is 0 Å². The van der Waals surface area contributed by atoms with Gasteiger partial charge in [0.1, 0.15) is 0 Å². The lowest BCUT2D eigenvalue weighted by Crippen LogP contribution is -2.05. The Morgan fingerprint density at radius 2 is 2.06 bits per heavy atom. The van der Waals surface area contributed by atoms with Crippen LogP contribution < -0.4 is 11.1 Å². The molecular formula is C13H14Cl2N2S. The number of thiophene rings is 1. The van der Waals surface area contributed by atoms with Gasteiger partial charge in [-0.15, -0.1) is 11.3 Å². The summed E-state index contributed by atoms with van der Waals surface area (Å²) >= 11 is 13.5. The molecule has 2 aromatic rings. The van der Waals surface area contributed by atoms with Gasteiger partial charge in [-0.1, -0.05) is 23.2 Å². The molecule has 0 aliphatic carbocycles. The van der Waals surface area contributed by atoms with Crippen LogP contribution in [0.15, 0.2) is 24.3 Å². The highest BCUT2D eigenvalue weighted by molar-refractivity contribution is 7.16. The fourth-order valence-electron chi connectivity index (χ4n) is 1.70. The molecule has 0 radical (unpaired) electrons. The van der Waals surface area contributed by atoms with Crippen molar-refractivity contribution in [2.24, 2.45) is 0 Å². The molecule has 18 heavy (non-hydrogen) atoms. The third-order valence-corrected chi connectivity index (χ3v) is 4.28. The molecule has 0 amide bonds. The summed E-state index contributed by atoms with van der Waals surface area (Å²) in [4.78, 5) is 1.27. The van der Waals surface area contributed by atoms with E-state index in [1.165, 1.54) is 4.88 Å². The van der Waals surface area contributed by atoms with E-state index < -0.39 is 0 Å². The molecular weight excluding hydrogens is 287 g/mol. The summed E-state index contributed by atoms with van der Waals surface area (Å²) in [5.41, 5.74) is 8.48. The predicted molar refractivity (Wildman–Crippen MR) is 82.1 cm³/mol. The van der Waals surface area contributed by atoms with Crippen molar-refractivity contribution in [3.8, 4) is 0 Å². The van der Waals surface area contributed by atoms with Gasteiger partial charge in [-0.3, -0.25) is 0 Å². The summed E-state index contributed by atoms with van der Waals surface area (Å²) in [6.07, 6.45) is 0.943. The summed E-state index contributed by atoms with van der Waals surface area (Å²) in [6.45, 7) is 2.86. The monoisotopic (exact) mass is 300 g/mol. The summed E-state index contributed by atoms with van der Waals surface area (Å²) in [5, 5.41) is 3.95. The van der Waals surface area contributed by atoms with Gasteiger partial charge in [-0.2, -0.15) is 0 Å². The molecule has 1 heterocycles. The highest BCUT2D eigenvalue weighted by atomic mass is 35.5. The second kappa shape index (κ2) is 5.83. The fourth-order valence-corrected chi connectivity index (χ4v) is 2.95. The maximum absolute atomic E-state index is 6.00. The average molecular weight is 301 g/mol. The van der Waals surface area contributed by atoms with Gasteiger partial charge in [-0.25, -0.2) is 0 Å². The van der Waals surface area contributed by atoms with Crippen LogP contribution in [0.5, 0.6) is 0 Å². The van der Waals surface area contributed by atoms with Gasteiger partial charge >= 0.3 is 0 Å². The van der Waals surface area contributed by atoms with E-state index in [-0.39, 0.29) is 0 Å². The van der Waals surface area contributed by atoms with Crippen LogP contribution in [0.2, 0.25) is 9.36 Å². The number of nitrogens with two attached hydrogens (primary N) is 1. The fraction of sp³-hybridized carbons (Fsp3) is 0.231. The number of nitrogens with one attached hydrogen (secondary N) is 1. The highest BCUT2D eigenvalue weighted by Gasteiger charge is 2.04. The first kappa shape index (κ1) is 13.5. The zero-order chi connectivity index (χ0) is 13.1. The van der Waals surface area contributed by atoms with E-state index >= 15 is 0 Å². The van der Waals surface area contributed by atoms with Crippen LogP contribution in [0.4, 0.5) is 11.4 Å². The Hall–Kier alpha value is -0.900. The summed E-state index contributed by atoms with van der Waals surface area (Å²) in [6, 6.07) is 7.73. The van der Waals surface area contributed by atoms with Gasteiger partial charge in [0.05, 0.1) is 15.0 Å². The zero-order valence-electron chi connectivity index (χ0n) is 9.97. The van der Waals surface area contributed by atoms with Gasteiger partial charge < -0.3 is 11.1 Å². The number of halogens is 2. The van der Waals surface area contributed by atoms with Crippen molar-refractivity contribution in [1.29, 1.82) is 0 Å². The molecule has 0 saturated heterocycles. The maximum atomic E-state index is 6.00. The molecule has 0 spiro atoms. The van der Waals surface area contributed by atoms with Gasteiger partial charge in [0, 0.05) is 17.1 Å². The maximum Gasteiger partial charge on any atom is 0.0931 e. The van der Waals surface area contributed by atoms with E-state index in [1.54, 1.807) is 11.3 Å². The Bertz CT molecular complexity index is 552. The minimum atomic E-state index is 0.585. The third kappa shape index (κ3) is 3.31. The van der Waals surface area contributed by atoms with E-state index in [1.807, 2.05) is 25.1 Å². The molecule has 0 atom stereocenters.